The molecule has 0 saturated carbocycles. The first-order valence-electron chi connectivity index (χ1n) is 8.12. The smallest absolute Gasteiger partial charge is 0.299 e. The lowest BCUT2D eigenvalue weighted by molar-refractivity contribution is -0.655. The number of halogens is 3. The number of H-pyrrole nitrogens is 1. The van der Waals surface area contributed by atoms with Crippen molar-refractivity contribution in [3.8, 4) is 5.75 Å². The summed E-state index contributed by atoms with van der Waals surface area (Å²) in [5, 5.41) is 22.0. The van der Waals surface area contributed by atoms with Gasteiger partial charge in [-0.3, -0.25) is 0 Å². The van der Waals surface area contributed by atoms with Crippen LogP contribution < -0.4 is 28.0 Å². The molecule has 144 valence electrons. The second-order valence-corrected chi connectivity index (χ2v) is 6.46. The Morgan fingerprint density at radius 3 is 2.74 bits per heavy atom. The second kappa shape index (κ2) is 8.65. The van der Waals surface area contributed by atoms with Crippen LogP contribution in [0, 0.1) is 0 Å². The van der Waals surface area contributed by atoms with E-state index in [9.17, 15) is 5.11 Å². The number of aryl methyl sites for hydroxylation is 1. The SMILES string of the molecule is CCNc1cc(N)[n+](CC)c2n[nH]c(N=Cc3cc(Cl)cc(Cl)c3O)c12.[Cl-]. The summed E-state index contributed by atoms with van der Waals surface area (Å²) in [5.74, 6) is 1.06. The van der Waals surface area contributed by atoms with E-state index in [2.05, 4.69) is 20.5 Å². The number of fused-ring (bicyclic) bond motifs is 1. The zero-order valence-corrected chi connectivity index (χ0v) is 17.0. The van der Waals surface area contributed by atoms with Gasteiger partial charge in [0.1, 0.15) is 11.1 Å². The minimum atomic E-state index is -0.0802. The molecular formula is C17H19Cl3N6O. The molecule has 0 saturated heterocycles. The molecule has 0 fully saturated rings. The molecule has 0 unspecified atom stereocenters. The topological polar surface area (TPSA) is 103 Å². The number of anilines is 2. The lowest BCUT2D eigenvalue weighted by atomic mass is 10.2. The van der Waals surface area contributed by atoms with E-state index in [0.29, 0.717) is 34.4 Å². The van der Waals surface area contributed by atoms with E-state index in [4.69, 9.17) is 28.9 Å². The maximum Gasteiger partial charge on any atom is 0.299 e. The number of hydrogen-bond acceptors (Lipinski definition) is 5. The van der Waals surface area contributed by atoms with Crippen LogP contribution in [0.1, 0.15) is 19.4 Å². The maximum absolute atomic E-state index is 10.1. The first kappa shape index (κ1) is 21.1. The van der Waals surface area contributed by atoms with Gasteiger partial charge in [-0.2, -0.15) is 5.10 Å². The molecule has 0 aliphatic heterocycles. The van der Waals surface area contributed by atoms with Gasteiger partial charge in [0.15, 0.2) is 5.82 Å². The Hall–Kier alpha value is -2.22. The van der Waals surface area contributed by atoms with Crippen LogP contribution in [-0.2, 0) is 6.54 Å². The number of aromatic hydroxyl groups is 1. The number of rotatable bonds is 5. The standard InChI is InChI=1S/C17H18Cl2N6O.ClH/c1-3-21-12-7-13(20)25(4-2)17-14(12)16(23-24-17)22-8-9-5-10(18)6-11(19)15(9)26;/h5-8H,3-4H2,1-2H3,(H4,20,21,22,23,24,26);1H. The van der Waals surface area contributed by atoms with Crippen LogP contribution in [0.3, 0.4) is 0 Å². The third-order valence-corrected chi connectivity index (χ3v) is 4.44. The van der Waals surface area contributed by atoms with E-state index < -0.39 is 0 Å². The zero-order chi connectivity index (χ0) is 18.8. The summed E-state index contributed by atoms with van der Waals surface area (Å²) >= 11 is 12.0. The Morgan fingerprint density at radius 2 is 2.07 bits per heavy atom. The molecule has 0 spiro atoms. The summed E-state index contributed by atoms with van der Waals surface area (Å²) in [6.07, 6.45) is 1.49. The normalized spacial score (nSPS) is 11.1. The van der Waals surface area contributed by atoms with Crippen LogP contribution in [0.5, 0.6) is 5.75 Å². The highest BCUT2D eigenvalue weighted by molar-refractivity contribution is 6.36. The van der Waals surface area contributed by atoms with Gasteiger partial charge < -0.3 is 28.6 Å². The van der Waals surface area contributed by atoms with Crippen LogP contribution in [0.25, 0.3) is 11.0 Å². The molecular weight excluding hydrogens is 411 g/mol. The third kappa shape index (κ3) is 4.05. The van der Waals surface area contributed by atoms with Gasteiger partial charge in [0.05, 0.1) is 17.3 Å². The van der Waals surface area contributed by atoms with Crippen molar-refractivity contribution in [3.05, 3.63) is 33.8 Å². The average molecular weight is 430 g/mol. The summed E-state index contributed by atoms with van der Waals surface area (Å²) in [7, 11) is 0. The molecule has 2 heterocycles. The van der Waals surface area contributed by atoms with Gasteiger partial charge in [-0.15, -0.1) is 0 Å². The van der Waals surface area contributed by atoms with E-state index in [0.717, 1.165) is 17.6 Å². The van der Waals surface area contributed by atoms with Crippen molar-refractivity contribution >= 4 is 57.8 Å². The number of benzene rings is 1. The number of nitrogens with zero attached hydrogens (tertiary/aromatic N) is 3. The van der Waals surface area contributed by atoms with E-state index in [-0.39, 0.29) is 23.2 Å². The number of aromatic amines is 1. The van der Waals surface area contributed by atoms with Gasteiger partial charge in [0, 0.05) is 29.4 Å². The lowest BCUT2D eigenvalue weighted by Crippen LogP contribution is -3.00. The fourth-order valence-electron chi connectivity index (χ4n) is 2.76. The third-order valence-electron chi connectivity index (χ3n) is 3.93. The molecule has 0 atom stereocenters. The van der Waals surface area contributed by atoms with Gasteiger partial charge in [0.25, 0.3) is 5.65 Å². The minimum absolute atomic E-state index is 0. The van der Waals surface area contributed by atoms with Crippen molar-refractivity contribution in [3.63, 3.8) is 0 Å². The minimum Gasteiger partial charge on any atom is -1.00 e. The number of aromatic nitrogens is 3. The molecule has 0 aliphatic carbocycles. The second-order valence-electron chi connectivity index (χ2n) is 5.61. The number of nitrogens with one attached hydrogen (secondary N) is 2. The highest BCUT2D eigenvalue weighted by atomic mass is 35.5. The van der Waals surface area contributed by atoms with Crippen LogP contribution in [0.15, 0.2) is 23.2 Å². The van der Waals surface area contributed by atoms with E-state index in [1.165, 1.54) is 12.3 Å². The van der Waals surface area contributed by atoms with Crippen molar-refractivity contribution in [2.24, 2.45) is 4.99 Å². The van der Waals surface area contributed by atoms with Crippen molar-refractivity contribution in [1.29, 1.82) is 0 Å². The summed E-state index contributed by atoms with van der Waals surface area (Å²) in [5.41, 5.74) is 8.07. The van der Waals surface area contributed by atoms with Crippen LogP contribution in [0.4, 0.5) is 17.3 Å². The molecule has 5 N–H and O–H groups in total. The molecule has 0 aliphatic rings. The maximum atomic E-state index is 10.1. The molecule has 7 nitrogen and oxygen atoms in total. The van der Waals surface area contributed by atoms with E-state index >= 15 is 0 Å². The number of phenols is 1. The largest absolute Gasteiger partial charge is 1.00 e. The number of aliphatic imine (C=N–C) groups is 1. The molecule has 3 rings (SSSR count). The van der Waals surface area contributed by atoms with Crippen LogP contribution in [0.2, 0.25) is 10.0 Å². The van der Waals surface area contributed by atoms with Crippen molar-refractivity contribution < 1.29 is 22.1 Å². The van der Waals surface area contributed by atoms with Crippen molar-refractivity contribution in [2.45, 2.75) is 20.4 Å². The number of nitrogens with two attached hydrogens (primary N) is 1. The fourth-order valence-corrected chi connectivity index (χ4v) is 3.27. The zero-order valence-electron chi connectivity index (χ0n) is 14.7. The van der Waals surface area contributed by atoms with Gasteiger partial charge in [0.2, 0.25) is 5.82 Å². The van der Waals surface area contributed by atoms with Crippen molar-refractivity contribution in [1.82, 2.24) is 10.2 Å². The first-order chi connectivity index (χ1) is 12.5. The van der Waals surface area contributed by atoms with Crippen LogP contribution >= 0.6 is 23.2 Å². The van der Waals surface area contributed by atoms with Crippen LogP contribution in [-0.4, -0.2) is 28.1 Å². The fraction of sp³-hybridized carbons (Fsp3) is 0.235. The Balaban J connectivity index is 0.00000261. The molecule has 10 heteroatoms. The number of phenolic OH excluding ortho intramolecular Hbond substituents is 1. The van der Waals surface area contributed by atoms with E-state index in [1.807, 2.05) is 24.5 Å². The molecule has 0 bridgehead atoms. The quantitative estimate of drug-likeness (QED) is 0.353. The van der Waals surface area contributed by atoms with E-state index in [1.54, 1.807) is 6.07 Å². The van der Waals surface area contributed by atoms with Gasteiger partial charge in [-0.25, -0.2) is 9.56 Å². The number of pyridine rings is 1. The summed E-state index contributed by atoms with van der Waals surface area (Å²) in [6.45, 7) is 5.39. The molecule has 1 aromatic carbocycles. The summed E-state index contributed by atoms with van der Waals surface area (Å²) in [4.78, 5) is 4.44. The Kier molecular flexibility index (Phi) is 6.75. The summed E-state index contributed by atoms with van der Waals surface area (Å²) < 4.78 is 1.89. The molecule has 0 radical (unpaired) electrons. The monoisotopic (exact) mass is 428 g/mol. The average Bonchev–Trinajstić information content (AvgIpc) is 3.01. The molecule has 27 heavy (non-hydrogen) atoms. The Labute approximate surface area is 172 Å². The highest BCUT2D eigenvalue weighted by Gasteiger charge is 2.20. The molecule has 0 amide bonds. The first-order valence-corrected chi connectivity index (χ1v) is 8.88. The van der Waals surface area contributed by atoms with Gasteiger partial charge >= 0.3 is 0 Å². The number of hydrogen-bond donors (Lipinski definition) is 4. The predicted octanol–water partition coefficient (Wildman–Crippen LogP) is 0.651. The van der Waals surface area contributed by atoms with Gasteiger partial charge in [-0.05, 0) is 31.1 Å². The predicted molar refractivity (Wildman–Crippen MR) is 106 cm³/mol. The molecule has 2 aromatic heterocycles. The van der Waals surface area contributed by atoms with Crippen molar-refractivity contribution in [2.75, 3.05) is 17.6 Å². The molecule has 3 aromatic rings. The highest BCUT2D eigenvalue weighted by Crippen LogP contribution is 2.32. The number of nitrogen functional groups attached to an aromatic ring is 1. The Morgan fingerprint density at radius 1 is 1.33 bits per heavy atom. The van der Waals surface area contributed by atoms with Gasteiger partial charge in [-0.1, -0.05) is 23.2 Å². The Bertz CT molecular complexity index is 1000. The lowest BCUT2D eigenvalue weighted by Gasteiger charge is -2.08. The summed E-state index contributed by atoms with van der Waals surface area (Å²) in [6, 6.07) is 4.91.